The summed E-state index contributed by atoms with van der Waals surface area (Å²) in [6.45, 7) is 7.77. The van der Waals surface area contributed by atoms with Crippen LogP contribution in [0, 0.1) is 23.2 Å². The maximum Gasteiger partial charge on any atom is 0.394 e. The van der Waals surface area contributed by atoms with Gasteiger partial charge >= 0.3 is 18.2 Å². The molecule has 140 valence electrons. The van der Waals surface area contributed by atoms with Crippen LogP contribution in [0.2, 0.25) is 0 Å². The summed E-state index contributed by atoms with van der Waals surface area (Å²) in [6, 6.07) is -0.629. The van der Waals surface area contributed by atoms with Crippen LogP contribution in [0.5, 0.6) is 0 Å². The van der Waals surface area contributed by atoms with Gasteiger partial charge in [0, 0.05) is 19.6 Å². The van der Waals surface area contributed by atoms with Crippen LogP contribution in [0.15, 0.2) is 0 Å². The number of urea groups is 1. The van der Waals surface area contributed by atoms with E-state index >= 15 is 0 Å². The Bertz CT molecular complexity index is 460. The number of nitrogens with zero attached hydrogens (tertiary/aromatic N) is 1. The maximum atomic E-state index is 12.9. The molecule has 2 amide bonds. The van der Waals surface area contributed by atoms with Crippen molar-refractivity contribution in [1.82, 2.24) is 10.2 Å². The lowest BCUT2D eigenvalue weighted by molar-refractivity contribution is -0.187. The van der Waals surface area contributed by atoms with Crippen LogP contribution in [0.1, 0.15) is 40.5 Å². The molecule has 0 aliphatic carbocycles. The first-order chi connectivity index (χ1) is 10.8. The van der Waals surface area contributed by atoms with Gasteiger partial charge < -0.3 is 15.3 Å². The second kappa shape index (κ2) is 7.61. The quantitative estimate of drug-likeness (QED) is 0.797. The molecule has 2 N–H and O–H groups in total. The number of carboxylic acids is 1. The van der Waals surface area contributed by atoms with E-state index in [0.29, 0.717) is 12.5 Å². The Morgan fingerprint density at radius 3 is 2.25 bits per heavy atom. The summed E-state index contributed by atoms with van der Waals surface area (Å²) >= 11 is 0. The molecule has 0 aromatic rings. The second-order valence-corrected chi connectivity index (χ2v) is 7.89. The van der Waals surface area contributed by atoms with Crippen LogP contribution in [0.3, 0.4) is 0 Å². The fourth-order valence-corrected chi connectivity index (χ4v) is 3.24. The fraction of sp³-hybridized carbons (Fsp3) is 0.875. The molecule has 3 atom stereocenters. The highest BCUT2D eigenvalue weighted by Gasteiger charge is 2.53. The normalized spacial score (nSPS) is 23.2. The largest absolute Gasteiger partial charge is 0.481 e. The van der Waals surface area contributed by atoms with Crippen LogP contribution in [0.25, 0.3) is 0 Å². The van der Waals surface area contributed by atoms with Gasteiger partial charge in [-0.1, -0.05) is 27.7 Å². The SMILES string of the molecule is CC(CCNC(=O)N1C[C@@H](C(F)(F)F)[C@H](C(=O)O)C1)CC(C)(C)C. The van der Waals surface area contributed by atoms with Crippen LogP contribution < -0.4 is 5.32 Å². The third-order valence-electron chi connectivity index (χ3n) is 4.22. The van der Waals surface area contributed by atoms with E-state index in [1.165, 1.54) is 0 Å². The lowest BCUT2D eigenvalue weighted by Crippen LogP contribution is -2.40. The number of halogens is 3. The summed E-state index contributed by atoms with van der Waals surface area (Å²) in [5, 5.41) is 11.5. The van der Waals surface area contributed by atoms with Crippen LogP contribution >= 0.6 is 0 Å². The first kappa shape index (κ1) is 20.6. The number of rotatable bonds is 5. The minimum absolute atomic E-state index is 0.174. The predicted octanol–water partition coefficient (Wildman–Crippen LogP) is 3.35. The number of alkyl halides is 3. The Balaban J connectivity index is 2.50. The molecule has 24 heavy (non-hydrogen) atoms. The van der Waals surface area contributed by atoms with Crippen molar-refractivity contribution in [1.29, 1.82) is 0 Å². The first-order valence-electron chi connectivity index (χ1n) is 8.13. The van der Waals surface area contributed by atoms with Gasteiger partial charge in [-0.3, -0.25) is 4.79 Å². The van der Waals surface area contributed by atoms with Gasteiger partial charge in [-0.05, 0) is 24.2 Å². The summed E-state index contributed by atoms with van der Waals surface area (Å²) in [7, 11) is 0. The molecule has 0 aromatic carbocycles. The molecule has 5 nitrogen and oxygen atoms in total. The number of aliphatic carboxylic acids is 1. The highest BCUT2D eigenvalue weighted by atomic mass is 19.4. The average Bonchev–Trinajstić information content (AvgIpc) is 2.81. The van der Waals surface area contributed by atoms with Gasteiger partial charge in [0.25, 0.3) is 0 Å². The van der Waals surface area contributed by atoms with Crippen LogP contribution in [-0.2, 0) is 4.79 Å². The van der Waals surface area contributed by atoms with Crippen molar-refractivity contribution in [3.8, 4) is 0 Å². The fourth-order valence-electron chi connectivity index (χ4n) is 3.24. The minimum atomic E-state index is -4.63. The standard InChI is InChI=1S/C16H27F3N2O3/c1-10(7-15(2,3)4)5-6-20-14(24)21-8-11(13(22)23)12(9-21)16(17,18)19/h10-12H,5-9H2,1-4H3,(H,20,24)(H,22,23)/t10?,11-,12-/m1/s1. The van der Waals surface area contributed by atoms with Gasteiger partial charge in [-0.25, -0.2) is 4.79 Å². The smallest absolute Gasteiger partial charge is 0.394 e. The van der Waals surface area contributed by atoms with E-state index in [2.05, 4.69) is 33.0 Å². The second-order valence-electron chi connectivity index (χ2n) is 7.89. The Morgan fingerprint density at radius 2 is 1.83 bits per heavy atom. The molecule has 1 rings (SSSR count). The van der Waals surface area contributed by atoms with Crippen molar-refractivity contribution in [3.63, 3.8) is 0 Å². The molecule has 0 aromatic heterocycles. The lowest BCUT2D eigenvalue weighted by atomic mass is 9.84. The van der Waals surface area contributed by atoms with Crippen molar-refractivity contribution >= 4 is 12.0 Å². The van der Waals surface area contributed by atoms with Crippen molar-refractivity contribution in [3.05, 3.63) is 0 Å². The van der Waals surface area contributed by atoms with Crippen molar-refractivity contribution in [2.24, 2.45) is 23.2 Å². The van der Waals surface area contributed by atoms with Crippen molar-refractivity contribution in [2.75, 3.05) is 19.6 Å². The van der Waals surface area contributed by atoms with Crippen LogP contribution in [-0.4, -0.2) is 47.8 Å². The molecular weight excluding hydrogens is 325 g/mol. The zero-order valence-corrected chi connectivity index (χ0v) is 14.6. The Hall–Kier alpha value is -1.47. The van der Waals surface area contributed by atoms with Gasteiger partial charge in [0.15, 0.2) is 0 Å². The number of amides is 2. The number of carbonyl (C=O) groups is 2. The first-order valence-corrected chi connectivity index (χ1v) is 8.13. The topological polar surface area (TPSA) is 69.6 Å². The summed E-state index contributed by atoms with van der Waals surface area (Å²) < 4.78 is 38.7. The molecule has 0 radical (unpaired) electrons. The number of carboxylic acid groups (broad SMARTS) is 1. The van der Waals surface area contributed by atoms with Gasteiger partial charge in [0.1, 0.15) is 0 Å². The molecule has 0 spiro atoms. The zero-order chi connectivity index (χ0) is 18.7. The Labute approximate surface area is 140 Å². The number of hydrogen-bond donors (Lipinski definition) is 2. The van der Waals surface area contributed by atoms with E-state index in [-0.39, 0.29) is 5.41 Å². The van der Waals surface area contributed by atoms with Gasteiger partial charge in [0.05, 0.1) is 11.8 Å². The summed E-state index contributed by atoms with van der Waals surface area (Å²) in [4.78, 5) is 24.0. The monoisotopic (exact) mass is 352 g/mol. The lowest BCUT2D eigenvalue weighted by Gasteiger charge is -2.24. The Kier molecular flexibility index (Phi) is 6.52. The third-order valence-corrected chi connectivity index (χ3v) is 4.22. The molecule has 0 saturated carbocycles. The third kappa shape index (κ3) is 6.20. The molecule has 0 bridgehead atoms. The number of hydrogen-bond acceptors (Lipinski definition) is 2. The summed E-state index contributed by atoms with van der Waals surface area (Å²) in [6.07, 6.45) is -2.93. The summed E-state index contributed by atoms with van der Waals surface area (Å²) in [5.41, 5.74) is 0.174. The molecule has 1 heterocycles. The molecule has 1 fully saturated rings. The molecule has 1 aliphatic rings. The van der Waals surface area contributed by atoms with Crippen LogP contribution in [0.4, 0.5) is 18.0 Å². The molecule has 8 heteroatoms. The van der Waals surface area contributed by atoms with E-state index in [1.54, 1.807) is 0 Å². The van der Waals surface area contributed by atoms with E-state index in [1.807, 2.05) is 0 Å². The van der Waals surface area contributed by atoms with E-state index in [0.717, 1.165) is 17.7 Å². The number of carbonyl (C=O) groups excluding carboxylic acids is 1. The average molecular weight is 352 g/mol. The van der Waals surface area contributed by atoms with E-state index in [9.17, 15) is 22.8 Å². The van der Waals surface area contributed by atoms with Crippen molar-refractivity contribution < 1.29 is 27.9 Å². The Morgan fingerprint density at radius 1 is 1.25 bits per heavy atom. The predicted molar refractivity (Wildman–Crippen MR) is 83.5 cm³/mol. The van der Waals surface area contributed by atoms with Gasteiger partial charge in [-0.2, -0.15) is 13.2 Å². The van der Waals surface area contributed by atoms with Gasteiger partial charge in [-0.15, -0.1) is 0 Å². The molecular formula is C16H27F3N2O3. The van der Waals surface area contributed by atoms with Crippen molar-refractivity contribution in [2.45, 2.75) is 46.7 Å². The molecule has 1 unspecified atom stereocenters. The highest BCUT2D eigenvalue weighted by molar-refractivity contribution is 5.77. The van der Waals surface area contributed by atoms with Gasteiger partial charge in [0.2, 0.25) is 0 Å². The minimum Gasteiger partial charge on any atom is -0.481 e. The number of nitrogens with one attached hydrogen (secondary N) is 1. The highest BCUT2D eigenvalue weighted by Crippen LogP contribution is 2.37. The molecule has 1 aliphatic heterocycles. The number of likely N-dealkylation sites (tertiary alicyclic amines) is 1. The van der Waals surface area contributed by atoms with E-state index in [4.69, 9.17) is 5.11 Å². The van der Waals surface area contributed by atoms with E-state index < -0.39 is 43.1 Å². The summed E-state index contributed by atoms with van der Waals surface area (Å²) in [5.74, 6) is -4.76. The zero-order valence-electron chi connectivity index (χ0n) is 14.6. The molecule has 1 saturated heterocycles. The maximum absolute atomic E-state index is 12.9.